The molecule has 0 aliphatic carbocycles. The number of halogens is 1. The highest BCUT2D eigenvalue weighted by Gasteiger charge is 2.28. The molecule has 148 valence electrons. The zero-order valence-corrected chi connectivity index (χ0v) is 15.5. The molecule has 0 unspecified atom stereocenters. The van der Waals surface area contributed by atoms with E-state index in [1.807, 2.05) is 0 Å². The van der Waals surface area contributed by atoms with Crippen molar-refractivity contribution in [2.24, 2.45) is 0 Å². The highest BCUT2D eigenvalue weighted by Crippen LogP contribution is 2.19. The van der Waals surface area contributed by atoms with Crippen LogP contribution >= 0.6 is 0 Å². The van der Waals surface area contributed by atoms with E-state index >= 15 is 0 Å². The minimum Gasteiger partial charge on any atom is -0.478 e. The Morgan fingerprint density at radius 2 is 1.75 bits per heavy atom. The van der Waals surface area contributed by atoms with Crippen LogP contribution < -0.4 is 0 Å². The van der Waals surface area contributed by atoms with Gasteiger partial charge in [0.15, 0.2) is 5.76 Å². The van der Waals surface area contributed by atoms with Gasteiger partial charge in [0.1, 0.15) is 17.1 Å². The third-order valence-corrected chi connectivity index (χ3v) is 4.79. The number of hydrogen-bond acceptors (Lipinski definition) is 4. The average Bonchev–Trinajstić information content (AvgIpc) is 3.14. The second-order valence-corrected chi connectivity index (χ2v) is 6.55. The molecule has 1 aliphatic rings. The minimum atomic E-state index is -1.14. The van der Waals surface area contributed by atoms with E-state index in [0.29, 0.717) is 38.2 Å². The second kappa shape index (κ2) is 8.24. The molecule has 0 atom stereocenters. The van der Waals surface area contributed by atoms with Crippen LogP contribution in [0.1, 0.15) is 39.2 Å². The predicted molar refractivity (Wildman–Crippen MR) is 97.6 cm³/mol. The topological polar surface area (TPSA) is 91.1 Å². The van der Waals surface area contributed by atoms with Crippen LogP contribution in [-0.2, 0) is 17.6 Å². The van der Waals surface area contributed by atoms with Crippen molar-refractivity contribution in [2.45, 2.75) is 19.8 Å². The van der Waals surface area contributed by atoms with Crippen molar-refractivity contribution in [3.63, 3.8) is 0 Å². The van der Waals surface area contributed by atoms with Gasteiger partial charge in [-0.1, -0.05) is 25.1 Å². The van der Waals surface area contributed by atoms with Gasteiger partial charge >= 0.3 is 5.97 Å². The largest absolute Gasteiger partial charge is 0.478 e. The normalized spacial score (nSPS) is 14.2. The summed E-state index contributed by atoms with van der Waals surface area (Å²) in [6.45, 7) is 3.00. The van der Waals surface area contributed by atoms with Gasteiger partial charge in [0.25, 0.3) is 5.91 Å². The molecule has 8 heteroatoms. The second-order valence-electron chi connectivity index (χ2n) is 6.55. The zero-order chi connectivity index (χ0) is 20.3. The van der Waals surface area contributed by atoms with Crippen LogP contribution in [0.15, 0.2) is 34.7 Å². The molecule has 2 amide bonds. The summed E-state index contributed by atoms with van der Waals surface area (Å²) in [5.41, 5.74) is 0.333. The van der Waals surface area contributed by atoms with E-state index in [-0.39, 0.29) is 29.4 Å². The quantitative estimate of drug-likeness (QED) is 0.848. The number of carboxylic acid groups (broad SMARTS) is 1. The number of carbonyl (C=O) groups excluding carboxylic acids is 2. The summed E-state index contributed by atoms with van der Waals surface area (Å²) in [6.07, 6.45) is 0.341. The van der Waals surface area contributed by atoms with Gasteiger partial charge < -0.3 is 19.3 Å². The van der Waals surface area contributed by atoms with Gasteiger partial charge in [-0.3, -0.25) is 9.59 Å². The highest BCUT2D eigenvalue weighted by atomic mass is 19.1. The Bertz CT molecular complexity index is 900. The lowest BCUT2D eigenvalue weighted by molar-refractivity contribution is -0.132. The lowest BCUT2D eigenvalue weighted by atomic mass is 10.1. The van der Waals surface area contributed by atoms with Crippen LogP contribution in [0.5, 0.6) is 0 Å². The first-order valence-electron chi connectivity index (χ1n) is 9.07. The molecule has 2 aromatic rings. The molecule has 1 aliphatic heterocycles. The summed E-state index contributed by atoms with van der Waals surface area (Å²) in [7, 11) is 0. The maximum Gasteiger partial charge on any atom is 0.339 e. The maximum atomic E-state index is 13.7. The number of amides is 2. The molecule has 0 saturated carbocycles. The molecule has 2 heterocycles. The molecule has 0 bridgehead atoms. The van der Waals surface area contributed by atoms with Crippen LogP contribution in [0.4, 0.5) is 4.39 Å². The number of carboxylic acids is 1. The molecule has 7 nitrogen and oxygen atoms in total. The molecule has 1 saturated heterocycles. The Morgan fingerprint density at radius 1 is 1.11 bits per heavy atom. The van der Waals surface area contributed by atoms with Crippen molar-refractivity contribution in [2.75, 3.05) is 26.2 Å². The molecule has 1 fully saturated rings. The van der Waals surface area contributed by atoms with E-state index in [2.05, 4.69) is 0 Å². The van der Waals surface area contributed by atoms with Gasteiger partial charge in [0.2, 0.25) is 5.91 Å². The molecule has 28 heavy (non-hydrogen) atoms. The standard InChI is InChI=1S/C20H21FN2O5/c1-2-16-14(20(26)27)12-17(28-16)19(25)23-9-7-22(8-10-23)18(24)11-13-5-3-4-6-15(13)21/h3-6,12H,2,7-11H2,1H3,(H,26,27). The third-order valence-electron chi connectivity index (χ3n) is 4.79. The van der Waals surface area contributed by atoms with Crippen molar-refractivity contribution in [3.05, 3.63) is 58.8 Å². The number of aromatic carboxylic acids is 1. The Morgan fingerprint density at radius 3 is 2.32 bits per heavy atom. The molecule has 3 rings (SSSR count). The van der Waals surface area contributed by atoms with Crippen LogP contribution in [0.2, 0.25) is 0 Å². The highest BCUT2D eigenvalue weighted by molar-refractivity contribution is 5.96. The third kappa shape index (κ3) is 4.05. The van der Waals surface area contributed by atoms with Crippen LogP contribution in [0.3, 0.4) is 0 Å². The minimum absolute atomic E-state index is 0.00967. The number of furan rings is 1. The Kier molecular flexibility index (Phi) is 5.77. The fraction of sp³-hybridized carbons (Fsp3) is 0.350. The number of benzene rings is 1. The fourth-order valence-corrected chi connectivity index (χ4v) is 3.21. The summed E-state index contributed by atoms with van der Waals surface area (Å²) in [4.78, 5) is 39.4. The first-order valence-corrected chi connectivity index (χ1v) is 9.07. The number of rotatable bonds is 5. The number of carbonyl (C=O) groups is 3. The Hall–Kier alpha value is -3.16. The Balaban J connectivity index is 1.60. The van der Waals surface area contributed by atoms with E-state index in [1.54, 1.807) is 30.0 Å². The fourth-order valence-electron chi connectivity index (χ4n) is 3.21. The Labute approximate surface area is 161 Å². The SMILES string of the molecule is CCc1oc(C(=O)N2CCN(C(=O)Cc3ccccc3F)CC2)cc1C(=O)O. The molecule has 1 N–H and O–H groups in total. The van der Waals surface area contributed by atoms with E-state index in [4.69, 9.17) is 4.42 Å². The van der Waals surface area contributed by atoms with Gasteiger partial charge in [-0.15, -0.1) is 0 Å². The van der Waals surface area contributed by atoms with E-state index < -0.39 is 17.7 Å². The molecule has 1 aromatic carbocycles. The summed E-state index contributed by atoms with van der Waals surface area (Å²) < 4.78 is 19.1. The van der Waals surface area contributed by atoms with Crippen molar-refractivity contribution in [3.8, 4) is 0 Å². The lowest BCUT2D eigenvalue weighted by Gasteiger charge is -2.34. The average molecular weight is 388 g/mol. The van der Waals surface area contributed by atoms with Crippen molar-refractivity contribution >= 4 is 17.8 Å². The number of piperazine rings is 1. The summed E-state index contributed by atoms with van der Waals surface area (Å²) >= 11 is 0. The summed E-state index contributed by atoms with van der Waals surface area (Å²) in [6, 6.07) is 7.40. The number of aryl methyl sites for hydroxylation is 1. The van der Waals surface area contributed by atoms with E-state index in [1.165, 1.54) is 17.0 Å². The predicted octanol–water partition coefficient (Wildman–Crippen LogP) is 2.21. The van der Waals surface area contributed by atoms with Crippen molar-refractivity contribution < 1.29 is 28.3 Å². The monoisotopic (exact) mass is 388 g/mol. The smallest absolute Gasteiger partial charge is 0.339 e. The molecular weight excluding hydrogens is 367 g/mol. The van der Waals surface area contributed by atoms with Gasteiger partial charge in [0, 0.05) is 38.7 Å². The van der Waals surface area contributed by atoms with Crippen molar-refractivity contribution in [1.82, 2.24) is 9.80 Å². The van der Waals surface area contributed by atoms with Gasteiger partial charge in [-0.2, -0.15) is 0 Å². The van der Waals surface area contributed by atoms with Crippen LogP contribution in [0.25, 0.3) is 0 Å². The zero-order valence-electron chi connectivity index (χ0n) is 15.5. The van der Waals surface area contributed by atoms with E-state index in [9.17, 15) is 23.9 Å². The van der Waals surface area contributed by atoms with Gasteiger partial charge in [-0.05, 0) is 11.6 Å². The van der Waals surface area contributed by atoms with Crippen LogP contribution in [-0.4, -0.2) is 58.9 Å². The number of nitrogens with zero attached hydrogens (tertiary/aromatic N) is 2. The first-order chi connectivity index (χ1) is 13.4. The lowest BCUT2D eigenvalue weighted by Crippen LogP contribution is -2.51. The molecular formula is C20H21FN2O5. The molecule has 1 aromatic heterocycles. The summed E-state index contributed by atoms with van der Waals surface area (Å²) in [5, 5.41) is 9.18. The van der Waals surface area contributed by atoms with Gasteiger partial charge in [-0.25, -0.2) is 9.18 Å². The molecule has 0 radical (unpaired) electrons. The van der Waals surface area contributed by atoms with E-state index in [0.717, 1.165) is 0 Å². The molecule has 0 spiro atoms. The maximum absolute atomic E-state index is 13.7. The number of hydrogen-bond donors (Lipinski definition) is 1. The van der Waals surface area contributed by atoms with Crippen molar-refractivity contribution in [1.29, 1.82) is 0 Å². The van der Waals surface area contributed by atoms with Gasteiger partial charge in [0.05, 0.1) is 6.42 Å². The summed E-state index contributed by atoms with van der Waals surface area (Å²) in [5.74, 6) is -1.90. The van der Waals surface area contributed by atoms with Crippen LogP contribution in [0, 0.1) is 5.82 Å². The first kappa shape index (κ1) is 19.6.